The minimum atomic E-state index is -2.34. The maximum Gasteiger partial charge on any atom is 0.342 e. The van der Waals surface area contributed by atoms with Gasteiger partial charge in [-0.15, -0.1) is 0 Å². The highest BCUT2D eigenvalue weighted by molar-refractivity contribution is 6.74. The van der Waals surface area contributed by atoms with E-state index in [0.717, 1.165) is 0 Å². The number of aliphatic hydroxyl groups is 1. The van der Waals surface area contributed by atoms with Crippen LogP contribution in [0.5, 0.6) is 11.5 Å². The zero-order chi connectivity index (χ0) is 20.9. The zero-order valence-electron chi connectivity index (χ0n) is 17.4. The lowest BCUT2D eigenvalue weighted by Gasteiger charge is -2.39. The van der Waals surface area contributed by atoms with E-state index in [-0.39, 0.29) is 5.04 Å². The summed E-state index contributed by atoms with van der Waals surface area (Å²) in [5.41, 5.74) is 0.609. The summed E-state index contributed by atoms with van der Waals surface area (Å²) in [6, 6.07) is 15.7. The number of carbonyl (C=O) groups excluding carboxylic acids is 1. The van der Waals surface area contributed by atoms with Gasteiger partial charge in [-0.25, -0.2) is 4.79 Å². The van der Waals surface area contributed by atoms with Crippen LogP contribution in [0.1, 0.15) is 32.4 Å². The number of hydrogen-bond donors (Lipinski definition) is 1. The summed E-state index contributed by atoms with van der Waals surface area (Å²) in [5, 5.41) is 10.8. The van der Waals surface area contributed by atoms with Crippen LogP contribution in [-0.4, -0.2) is 32.6 Å². The lowest BCUT2D eigenvalue weighted by molar-refractivity contribution is -0.148. The van der Waals surface area contributed by atoms with Crippen LogP contribution in [0.2, 0.25) is 18.1 Å². The van der Waals surface area contributed by atoms with Crippen LogP contribution in [0.4, 0.5) is 0 Å². The highest BCUT2D eigenvalue weighted by Crippen LogP contribution is 2.39. The average molecular weight is 403 g/mol. The fourth-order valence-corrected chi connectivity index (χ4v) is 3.59. The number of carbonyl (C=O) groups is 1. The summed E-state index contributed by atoms with van der Waals surface area (Å²) >= 11 is 0. The molecule has 0 saturated carbocycles. The second-order valence-corrected chi connectivity index (χ2v) is 13.0. The lowest BCUT2D eigenvalue weighted by atomic mass is 10.0. The van der Waals surface area contributed by atoms with Crippen molar-refractivity contribution in [2.24, 2.45) is 0 Å². The van der Waals surface area contributed by atoms with Crippen molar-refractivity contribution in [2.45, 2.75) is 51.1 Å². The van der Waals surface area contributed by atoms with E-state index in [1.165, 1.54) is 0 Å². The molecule has 5 nitrogen and oxygen atoms in total. The molecule has 0 radical (unpaired) electrons. The Morgan fingerprint density at radius 2 is 1.50 bits per heavy atom. The van der Waals surface area contributed by atoms with E-state index in [9.17, 15) is 9.90 Å². The predicted octanol–water partition coefficient (Wildman–Crippen LogP) is 4.72. The van der Waals surface area contributed by atoms with Crippen LogP contribution >= 0.6 is 0 Å². The molecule has 0 spiro atoms. The van der Waals surface area contributed by atoms with Gasteiger partial charge in [0.25, 0.3) is 0 Å². The molecule has 152 valence electrons. The first-order valence-electron chi connectivity index (χ1n) is 9.32. The van der Waals surface area contributed by atoms with E-state index in [1.807, 2.05) is 31.3 Å². The van der Waals surface area contributed by atoms with Crippen LogP contribution in [0.3, 0.4) is 0 Å². The largest absolute Gasteiger partial charge is 0.497 e. The smallest absolute Gasteiger partial charge is 0.342 e. The lowest BCUT2D eigenvalue weighted by Crippen LogP contribution is -2.49. The van der Waals surface area contributed by atoms with Crippen molar-refractivity contribution in [1.29, 1.82) is 0 Å². The molecule has 0 aliphatic carbocycles. The van der Waals surface area contributed by atoms with Crippen LogP contribution in [0.25, 0.3) is 0 Å². The third-order valence-corrected chi connectivity index (χ3v) is 9.62. The first kappa shape index (κ1) is 22.1. The molecule has 0 amide bonds. The number of ether oxygens (including phenoxy) is 2. The van der Waals surface area contributed by atoms with E-state index in [1.54, 1.807) is 43.5 Å². The first-order valence-corrected chi connectivity index (χ1v) is 12.2. The van der Waals surface area contributed by atoms with Crippen LogP contribution < -0.4 is 9.47 Å². The molecule has 0 heterocycles. The van der Waals surface area contributed by atoms with E-state index < -0.39 is 26.5 Å². The number of esters is 1. The predicted molar refractivity (Wildman–Crippen MR) is 112 cm³/mol. The fraction of sp³-hybridized carbons (Fsp3) is 0.409. The van der Waals surface area contributed by atoms with Gasteiger partial charge < -0.3 is 19.0 Å². The minimum Gasteiger partial charge on any atom is -0.497 e. The molecular formula is C22H30O5Si. The molecule has 28 heavy (non-hydrogen) atoms. The Morgan fingerprint density at radius 1 is 0.964 bits per heavy atom. The summed E-state index contributed by atoms with van der Waals surface area (Å²) in [6.45, 7) is 10.3. The van der Waals surface area contributed by atoms with Crippen molar-refractivity contribution in [3.05, 3.63) is 60.2 Å². The van der Waals surface area contributed by atoms with Gasteiger partial charge in [0, 0.05) is 0 Å². The molecule has 0 aliphatic rings. The normalized spacial score (nSPS) is 14.2. The summed E-state index contributed by atoms with van der Waals surface area (Å²) < 4.78 is 16.9. The molecule has 0 saturated heterocycles. The summed E-state index contributed by atoms with van der Waals surface area (Å²) in [6.07, 6.45) is -2.24. The Morgan fingerprint density at radius 3 is 2.00 bits per heavy atom. The van der Waals surface area contributed by atoms with Gasteiger partial charge in [0.05, 0.1) is 7.11 Å². The van der Waals surface area contributed by atoms with E-state index >= 15 is 0 Å². The van der Waals surface area contributed by atoms with Gasteiger partial charge in [-0.05, 0) is 48.0 Å². The molecule has 0 fully saturated rings. The molecule has 2 aromatic carbocycles. The maximum atomic E-state index is 13.0. The molecule has 1 N–H and O–H groups in total. The van der Waals surface area contributed by atoms with Crippen molar-refractivity contribution in [1.82, 2.24) is 0 Å². The van der Waals surface area contributed by atoms with E-state index in [0.29, 0.717) is 17.1 Å². The van der Waals surface area contributed by atoms with Crippen molar-refractivity contribution in [3.8, 4) is 11.5 Å². The monoisotopic (exact) mass is 402 g/mol. The number of aliphatic hydroxyl groups excluding tert-OH is 1. The molecular weight excluding hydrogens is 372 g/mol. The second kappa shape index (κ2) is 8.90. The Bertz CT molecular complexity index is 766. The van der Waals surface area contributed by atoms with Crippen molar-refractivity contribution in [3.63, 3.8) is 0 Å². The van der Waals surface area contributed by atoms with Crippen molar-refractivity contribution >= 4 is 14.3 Å². The number of methoxy groups -OCH3 is 1. The topological polar surface area (TPSA) is 65.0 Å². The quantitative estimate of drug-likeness (QED) is 0.412. The van der Waals surface area contributed by atoms with Crippen LogP contribution in [0, 0.1) is 0 Å². The summed E-state index contributed by atoms with van der Waals surface area (Å²) in [4.78, 5) is 13.0. The molecule has 0 bridgehead atoms. The average Bonchev–Trinajstić information content (AvgIpc) is 2.66. The molecule has 2 rings (SSSR count). The molecule has 0 aliphatic heterocycles. The maximum absolute atomic E-state index is 13.0. The van der Waals surface area contributed by atoms with Crippen molar-refractivity contribution in [2.75, 3.05) is 7.11 Å². The Kier molecular flexibility index (Phi) is 7.04. The molecule has 6 heteroatoms. The summed E-state index contributed by atoms with van der Waals surface area (Å²) in [7, 11) is -0.769. The van der Waals surface area contributed by atoms with E-state index in [2.05, 4.69) is 20.8 Å². The highest BCUT2D eigenvalue weighted by Gasteiger charge is 2.43. The highest BCUT2D eigenvalue weighted by atomic mass is 28.4. The molecule has 2 atom stereocenters. The van der Waals surface area contributed by atoms with E-state index in [4.69, 9.17) is 13.9 Å². The summed E-state index contributed by atoms with van der Waals surface area (Å²) in [5.74, 6) is 0.416. The fourth-order valence-electron chi connectivity index (χ4n) is 2.38. The third kappa shape index (κ3) is 5.44. The standard InChI is InChI=1S/C22H30O5Si/c1-22(2,3)28(5,6)27-20(19(23)16-10-8-7-9-11-16)21(24)26-18-14-12-17(25-4)13-15-18/h7-15,19-20,23H,1-6H3/t19-,20-/m1/s1. The van der Waals surface area contributed by atoms with Gasteiger partial charge in [0.1, 0.15) is 17.6 Å². The van der Waals surface area contributed by atoms with Crippen LogP contribution in [0.15, 0.2) is 54.6 Å². The number of benzene rings is 2. The van der Waals surface area contributed by atoms with Gasteiger partial charge in [-0.1, -0.05) is 51.1 Å². The molecule has 0 aromatic heterocycles. The Balaban J connectivity index is 2.29. The first-order chi connectivity index (χ1) is 13.0. The van der Waals surface area contributed by atoms with Crippen molar-refractivity contribution < 1.29 is 23.8 Å². The van der Waals surface area contributed by atoms with Gasteiger partial charge in [0.15, 0.2) is 14.4 Å². The Hall–Kier alpha value is -2.15. The number of hydrogen-bond acceptors (Lipinski definition) is 5. The van der Waals surface area contributed by atoms with Gasteiger partial charge in [-0.2, -0.15) is 0 Å². The van der Waals surface area contributed by atoms with Crippen LogP contribution in [-0.2, 0) is 9.22 Å². The second-order valence-electron chi connectivity index (χ2n) is 8.25. The zero-order valence-corrected chi connectivity index (χ0v) is 18.4. The SMILES string of the molecule is COc1ccc(OC(=O)[C@H](O[Si](C)(C)C(C)(C)C)[C@H](O)c2ccccc2)cc1. The minimum absolute atomic E-state index is 0.123. The van der Waals surface area contributed by atoms with Gasteiger partial charge >= 0.3 is 5.97 Å². The molecule has 2 aromatic rings. The van der Waals surface area contributed by atoms with Gasteiger partial charge in [0.2, 0.25) is 0 Å². The molecule has 0 unspecified atom stereocenters. The third-order valence-electron chi connectivity index (χ3n) is 5.17. The van der Waals surface area contributed by atoms with Gasteiger partial charge in [-0.3, -0.25) is 0 Å². The number of rotatable bonds is 7. The Labute approximate surface area is 168 Å².